The number of piperazine rings is 1. The molecule has 2 saturated heterocycles. The van der Waals surface area contributed by atoms with Crippen LogP contribution in [0.15, 0.2) is 90.5 Å². The molecule has 3 aromatic carbocycles. The Morgan fingerprint density at radius 2 is 1.60 bits per heavy atom. The normalized spacial score (nSPS) is 20.0. The van der Waals surface area contributed by atoms with E-state index in [-0.39, 0.29) is 18.0 Å². The third-order valence-corrected chi connectivity index (χ3v) is 11.8. The number of esters is 1. The number of aliphatic hydroxyl groups excluding tert-OH is 2. The van der Waals surface area contributed by atoms with Crippen LogP contribution in [-0.4, -0.2) is 119 Å². The summed E-state index contributed by atoms with van der Waals surface area (Å²) in [6, 6.07) is 18.1. The van der Waals surface area contributed by atoms with Gasteiger partial charge in [0.25, 0.3) is 0 Å². The molecule has 0 spiro atoms. The van der Waals surface area contributed by atoms with Gasteiger partial charge in [-0.3, -0.25) is 4.52 Å². The quantitative estimate of drug-likeness (QED) is 0.0732. The van der Waals surface area contributed by atoms with Crippen molar-refractivity contribution in [3.8, 4) is 11.4 Å². The standard InChI is InChI=1S/C41H49F2N8O11P/c1-3-36(27(2)62-39(54)38(53)37(52)22-61-63(56,57)58)51-40(55)50(26-46-51)32-7-5-30(6-8-32)47-14-16-48(17-15-47)31-9-11-33(12-10-31)59-20-28-19-41(60-21-28,23-49-25-44-24-45-49)34-13-4-29(42)18-35(34)43/h4-13,18,24-28,36-38,52-53H,3,14-17,19-23H2,1-2H3,(H2,56,57,58)/t27-,28+,36?,37?,38?,41-/m0/s1. The number of nitrogens with zero attached hydrogens (tertiary/aromatic N) is 8. The minimum atomic E-state index is -4.94. The van der Waals surface area contributed by atoms with Gasteiger partial charge in [-0.05, 0) is 74.4 Å². The summed E-state index contributed by atoms with van der Waals surface area (Å²) in [6.45, 7) is 6.14. The fourth-order valence-corrected chi connectivity index (χ4v) is 8.33. The lowest BCUT2D eigenvalue weighted by molar-refractivity contribution is -0.168. The molecule has 2 aliphatic rings. The molecule has 2 aromatic heterocycles. The fraction of sp³-hybridized carbons (Fsp3) is 0.439. The largest absolute Gasteiger partial charge is 0.493 e. The molecule has 2 aliphatic heterocycles. The van der Waals surface area contributed by atoms with Crippen LogP contribution in [0, 0.1) is 17.6 Å². The molecular weight excluding hydrogens is 849 g/mol. The van der Waals surface area contributed by atoms with Gasteiger partial charge in [0, 0.05) is 55.1 Å². The van der Waals surface area contributed by atoms with Crippen molar-refractivity contribution in [2.75, 3.05) is 55.8 Å². The van der Waals surface area contributed by atoms with Crippen molar-refractivity contribution < 1.29 is 56.9 Å². The average molecular weight is 899 g/mol. The predicted octanol–water partition coefficient (Wildman–Crippen LogP) is 2.96. The summed E-state index contributed by atoms with van der Waals surface area (Å²) < 4.78 is 65.6. The summed E-state index contributed by atoms with van der Waals surface area (Å²) in [5.41, 5.74) is 1.30. The number of benzene rings is 3. The zero-order valence-corrected chi connectivity index (χ0v) is 35.4. The molecule has 22 heteroatoms. The smallest absolute Gasteiger partial charge is 0.469 e. The predicted molar refractivity (Wildman–Crippen MR) is 221 cm³/mol. The molecular formula is C41H49F2N8O11P. The van der Waals surface area contributed by atoms with Gasteiger partial charge in [0.15, 0.2) is 6.10 Å². The van der Waals surface area contributed by atoms with Crippen molar-refractivity contribution in [3.05, 3.63) is 113 Å². The lowest BCUT2D eigenvalue weighted by Crippen LogP contribution is -2.46. The Morgan fingerprint density at radius 3 is 2.21 bits per heavy atom. The highest BCUT2D eigenvalue weighted by Crippen LogP contribution is 2.42. The van der Waals surface area contributed by atoms with E-state index in [4.69, 9.17) is 24.0 Å². The molecule has 0 radical (unpaired) electrons. The Labute approximate surface area is 360 Å². The first-order valence-electron chi connectivity index (χ1n) is 20.3. The number of aliphatic hydroxyl groups is 2. The van der Waals surface area contributed by atoms with Crippen LogP contribution in [0.5, 0.6) is 5.75 Å². The van der Waals surface area contributed by atoms with Crippen molar-refractivity contribution in [3.63, 3.8) is 0 Å². The summed E-state index contributed by atoms with van der Waals surface area (Å²) in [5, 5.41) is 28.4. The summed E-state index contributed by atoms with van der Waals surface area (Å²) in [5.74, 6) is -1.97. The highest BCUT2D eigenvalue weighted by atomic mass is 31.2. The van der Waals surface area contributed by atoms with E-state index in [0.717, 1.165) is 43.6 Å². The van der Waals surface area contributed by atoms with Gasteiger partial charge in [0.2, 0.25) is 0 Å². The minimum absolute atomic E-state index is 0.0553. The second kappa shape index (κ2) is 19.5. The second-order valence-electron chi connectivity index (χ2n) is 15.5. The Kier molecular flexibility index (Phi) is 14.1. The second-order valence-corrected chi connectivity index (χ2v) is 16.8. The van der Waals surface area contributed by atoms with Crippen molar-refractivity contribution in [2.45, 2.75) is 63.2 Å². The van der Waals surface area contributed by atoms with Gasteiger partial charge in [-0.25, -0.2) is 41.8 Å². The summed E-state index contributed by atoms with van der Waals surface area (Å²) >= 11 is 0. The number of aromatic nitrogens is 6. The van der Waals surface area contributed by atoms with Crippen molar-refractivity contribution >= 4 is 25.2 Å². The van der Waals surface area contributed by atoms with Crippen LogP contribution in [0.2, 0.25) is 0 Å². The molecule has 0 bridgehead atoms. The highest BCUT2D eigenvalue weighted by molar-refractivity contribution is 7.46. The van der Waals surface area contributed by atoms with Gasteiger partial charge >= 0.3 is 19.5 Å². The summed E-state index contributed by atoms with van der Waals surface area (Å²) in [7, 11) is -4.94. The van der Waals surface area contributed by atoms with E-state index in [1.54, 1.807) is 11.6 Å². The Balaban J connectivity index is 0.894. The van der Waals surface area contributed by atoms with Crippen LogP contribution < -0.4 is 20.2 Å². The molecule has 2 fully saturated rings. The van der Waals surface area contributed by atoms with Crippen LogP contribution in [-0.2, 0) is 35.5 Å². The number of ether oxygens (including phenoxy) is 3. The third-order valence-electron chi connectivity index (χ3n) is 11.3. The molecule has 19 nitrogen and oxygen atoms in total. The number of phosphoric ester groups is 1. The number of anilines is 2. The van der Waals surface area contributed by atoms with Gasteiger partial charge in [0.05, 0.1) is 38.1 Å². The number of carbonyl (C=O) groups excluding carboxylic acids is 1. The van der Waals surface area contributed by atoms with Gasteiger partial charge in [-0.1, -0.05) is 13.0 Å². The van der Waals surface area contributed by atoms with Crippen molar-refractivity contribution in [2.24, 2.45) is 5.92 Å². The zero-order valence-electron chi connectivity index (χ0n) is 34.5. The van der Waals surface area contributed by atoms with Gasteiger partial charge in [-0.15, -0.1) is 0 Å². The van der Waals surface area contributed by atoms with Crippen molar-refractivity contribution in [1.29, 1.82) is 0 Å². The van der Waals surface area contributed by atoms with Crippen molar-refractivity contribution in [1.82, 2.24) is 29.1 Å². The molecule has 3 unspecified atom stereocenters. The van der Waals surface area contributed by atoms with Crippen LogP contribution in [0.1, 0.15) is 38.3 Å². The maximum atomic E-state index is 15.0. The molecule has 6 atom stereocenters. The number of phosphoric acid groups is 1. The maximum Gasteiger partial charge on any atom is 0.469 e. The zero-order chi connectivity index (χ0) is 44.9. The van der Waals surface area contributed by atoms with Gasteiger partial charge in [0.1, 0.15) is 54.2 Å². The Bertz CT molecular complexity index is 2410. The summed E-state index contributed by atoms with van der Waals surface area (Å²) in [6.07, 6.45) is -0.0688. The third kappa shape index (κ3) is 10.8. The topological polar surface area (TPSA) is 229 Å². The first-order valence-corrected chi connectivity index (χ1v) is 21.8. The van der Waals surface area contributed by atoms with E-state index in [9.17, 15) is 28.8 Å². The number of hydrogen-bond donors (Lipinski definition) is 4. The molecule has 63 heavy (non-hydrogen) atoms. The van der Waals surface area contributed by atoms with Crippen LogP contribution in [0.3, 0.4) is 0 Å². The highest BCUT2D eigenvalue weighted by Gasteiger charge is 2.45. The molecule has 5 aromatic rings. The van der Waals surface area contributed by atoms with Crippen LogP contribution in [0.4, 0.5) is 20.2 Å². The molecule has 0 saturated carbocycles. The van der Waals surface area contributed by atoms with E-state index < -0.39 is 67.7 Å². The van der Waals surface area contributed by atoms with E-state index >= 15 is 4.39 Å². The minimum Gasteiger partial charge on any atom is -0.493 e. The number of carbonyl (C=O) groups is 1. The average Bonchev–Trinajstić information content (AvgIpc) is 4.03. The Morgan fingerprint density at radius 1 is 0.952 bits per heavy atom. The fourth-order valence-electron chi connectivity index (χ4n) is 7.98. The lowest BCUT2D eigenvalue weighted by atomic mass is 9.87. The SMILES string of the molecule is CCC([C@H](C)OC(=O)C(O)C(O)COP(=O)(O)O)n1ncn(-c2ccc(N3CCN(c4ccc(OC[C@@H]5CO[C@@](Cn6cncn6)(c6ccc(F)cc6F)C5)cc4)CC3)cc2)c1=O. The number of halogens is 2. The first-order chi connectivity index (χ1) is 30.1. The van der Waals surface area contributed by atoms with E-state index in [1.165, 1.54) is 47.3 Å². The monoisotopic (exact) mass is 898 g/mol. The van der Waals surface area contributed by atoms with Crippen LogP contribution in [0.25, 0.3) is 5.69 Å². The van der Waals surface area contributed by atoms with Gasteiger partial charge in [-0.2, -0.15) is 10.2 Å². The molecule has 4 heterocycles. The molecule has 0 amide bonds. The Hall–Kier alpha value is -5.54. The van der Waals surface area contributed by atoms with Gasteiger partial charge < -0.3 is 44.0 Å². The number of hydrogen-bond acceptors (Lipinski definition) is 14. The number of rotatable bonds is 18. The maximum absolute atomic E-state index is 15.0. The van der Waals surface area contributed by atoms with Crippen LogP contribution >= 0.6 is 7.82 Å². The van der Waals surface area contributed by atoms with E-state index in [0.29, 0.717) is 37.5 Å². The lowest BCUT2D eigenvalue weighted by Gasteiger charge is -2.37. The molecule has 338 valence electrons. The molecule has 7 rings (SSSR count). The first kappa shape index (κ1) is 45.5. The molecule has 0 aliphatic carbocycles. The van der Waals surface area contributed by atoms with E-state index in [2.05, 4.69) is 29.5 Å². The summed E-state index contributed by atoms with van der Waals surface area (Å²) in [4.78, 5) is 52.1. The molecule has 4 N–H and O–H groups in total. The van der Waals surface area contributed by atoms with E-state index in [1.807, 2.05) is 48.5 Å².